The Kier molecular flexibility index (Phi) is 5.58. The van der Waals surface area contributed by atoms with Gasteiger partial charge in [-0.05, 0) is 47.0 Å². The lowest BCUT2D eigenvalue weighted by atomic mass is 9.77. The van der Waals surface area contributed by atoms with Crippen LogP contribution in [0.1, 0.15) is 47.0 Å². The second kappa shape index (κ2) is 8.33. The fraction of sp³-hybridized carbons (Fsp3) is 0.565. The fourth-order valence-corrected chi connectivity index (χ4v) is 5.08. The first-order valence-electron chi connectivity index (χ1n) is 11.8. The number of aromatic amines is 1. The number of ether oxygens (including phenoxy) is 1. The van der Waals surface area contributed by atoms with E-state index in [0.29, 0.717) is 29.7 Å². The van der Waals surface area contributed by atoms with E-state index in [2.05, 4.69) is 25.3 Å². The number of nitrogens with one attached hydrogen (secondary N) is 2. The Morgan fingerprint density at radius 1 is 1.29 bits per heavy atom. The zero-order chi connectivity index (χ0) is 24.1. The van der Waals surface area contributed by atoms with Crippen molar-refractivity contribution in [3.8, 4) is 0 Å². The minimum absolute atomic E-state index is 0.193. The smallest absolute Gasteiger partial charge is 0.410 e. The van der Waals surface area contributed by atoms with E-state index in [0.717, 1.165) is 49.2 Å². The SMILES string of the molecule is CCn1cc(Nc2nc(N3CCC34CCCN(C(=O)OC(C)(C)C)C4)c3c(Cl)c[nH]c3n2)cn1. The molecule has 3 aromatic rings. The molecule has 5 heterocycles. The van der Waals surface area contributed by atoms with Crippen LogP contribution in [0.4, 0.5) is 22.2 Å². The third kappa shape index (κ3) is 4.15. The van der Waals surface area contributed by atoms with Gasteiger partial charge in [0.25, 0.3) is 0 Å². The molecule has 0 aromatic carbocycles. The first-order chi connectivity index (χ1) is 16.2. The molecule has 2 fully saturated rings. The Morgan fingerprint density at radius 3 is 2.79 bits per heavy atom. The van der Waals surface area contributed by atoms with Gasteiger partial charge in [0, 0.05) is 38.6 Å². The summed E-state index contributed by atoms with van der Waals surface area (Å²) in [5.41, 5.74) is 0.769. The average molecular weight is 487 g/mol. The predicted octanol–water partition coefficient (Wildman–Crippen LogP) is 4.55. The van der Waals surface area contributed by atoms with Gasteiger partial charge < -0.3 is 24.8 Å². The van der Waals surface area contributed by atoms with E-state index in [9.17, 15) is 4.79 Å². The van der Waals surface area contributed by atoms with Crippen LogP contribution < -0.4 is 10.2 Å². The summed E-state index contributed by atoms with van der Waals surface area (Å²) in [5.74, 6) is 1.25. The van der Waals surface area contributed by atoms with Crippen LogP contribution in [0.25, 0.3) is 11.0 Å². The van der Waals surface area contributed by atoms with Gasteiger partial charge >= 0.3 is 6.09 Å². The van der Waals surface area contributed by atoms with E-state index in [1.165, 1.54) is 0 Å². The van der Waals surface area contributed by atoms with Crippen LogP contribution >= 0.6 is 11.6 Å². The molecule has 34 heavy (non-hydrogen) atoms. The highest BCUT2D eigenvalue weighted by Gasteiger charge is 2.50. The van der Waals surface area contributed by atoms with E-state index in [-0.39, 0.29) is 11.6 Å². The van der Waals surface area contributed by atoms with Gasteiger partial charge in [-0.3, -0.25) is 4.68 Å². The first kappa shape index (κ1) is 22.8. The summed E-state index contributed by atoms with van der Waals surface area (Å²) >= 11 is 6.56. The number of anilines is 3. The number of hydrogen-bond donors (Lipinski definition) is 2. The van der Waals surface area contributed by atoms with Crippen LogP contribution in [0, 0.1) is 0 Å². The van der Waals surface area contributed by atoms with Gasteiger partial charge in [0.1, 0.15) is 17.1 Å². The van der Waals surface area contributed by atoms with Gasteiger partial charge in [0.15, 0.2) is 0 Å². The van der Waals surface area contributed by atoms with Gasteiger partial charge in [-0.25, -0.2) is 4.79 Å². The van der Waals surface area contributed by atoms with Crippen LogP contribution in [0.15, 0.2) is 18.6 Å². The molecule has 182 valence electrons. The van der Waals surface area contributed by atoms with Crippen molar-refractivity contribution in [3.05, 3.63) is 23.6 Å². The number of aryl methyl sites for hydroxylation is 1. The summed E-state index contributed by atoms with van der Waals surface area (Å²) in [6.45, 7) is 10.6. The number of carbonyl (C=O) groups is 1. The van der Waals surface area contributed by atoms with Crippen LogP contribution in [-0.4, -0.2) is 66.5 Å². The van der Waals surface area contributed by atoms with Crippen molar-refractivity contribution in [2.24, 2.45) is 0 Å². The molecule has 2 N–H and O–H groups in total. The summed E-state index contributed by atoms with van der Waals surface area (Å²) in [4.78, 5) is 29.6. The maximum Gasteiger partial charge on any atom is 0.410 e. The lowest BCUT2D eigenvalue weighted by Crippen LogP contribution is -2.68. The topological polar surface area (TPSA) is 104 Å². The summed E-state index contributed by atoms with van der Waals surface area (Å²) in [6, 6.07) is 0. The van der Waals surface area contributed by atoms with Crippen LogP contribution in [0.2, 0.25) is 5.02 Å². The quantitative estimate of drug-likeness (QED) is 0.557. The largest absolute Gasteiger partial charge is 0.444 e. The van der Waals surface area contributed by atoms with Gasteiger partial charge in [-0.15, -0.1) is 0 Å². The Morgan fingerprint density at radius 2 is 2.12 bits per heavy atom. The highest BCUT2D eigenvalue weighted by molar-refractivity contribution is 6.36. The molecular weight excluding hydrogens is 456 g/mol. The maximum atomic E-state index is 12.8. The normalized spacial score (nSPS) is 20.6. The zero-order valence-corrected chi connectivity index (χ0v) is 20.8. The zero-order valence-electron chi connectivity index (χ0n) is 20.1. The van der Waals surface area contributed by atoms with Gasteiger partial charge in [-0.2, -0.15) is 15.1 Å². The van der Waals surface area contributed by atoms with E-state index < -0.39 is 5.60 Å². The molecule has 11 heteroatoms. The highest BCUT2D eigenvalue weighted by Crippen LogP contribution is 2.45. The Hall–Kier alpha value is -3.01. The Balaban J connectivity index is 1.46. The number of halogens is 1. The minimum atomic E-state index is -0.523. The molecule has 2 saturated heterocycles. The molecule has 0 radical (unpaired) electrons. The molecule has 5 rings (SSSR count). The summed E-state index contributed by atoms with van der Waals surface area (Å²) in [6.07, 6.45) is 8.01. The average Bonchev–Trinajstić information content (AvgIpc) is 3.38. The molecule has 1 atom stereocenters. The highest BCUT2D eigenvalue weighted by atomic mass is 35.5. The van der Waals surface area contributed by atoms with Gasteiger partial charge in [-0.1, -0.05) is 11.6 Å². The summed E-state index contributed by atoms with van der Waals surface area (Å²) in [5, 5.41) is 8.96. The molecule has 0 aliphatic carbocycles. The number of likely N-dealkylation sites (tertiary alicyclic amines) is 1. The monoisotopic (exact) mass is 486 g/mol. The molecular formula is C23H31ClN8O2. The van der Waals surface area contributed by atoms with E-state index in [1.807, 2.05) is 43.5 Å². The number of aromatic nitrogens is 5. The second-order valence-electron chi connectivity index (χ2n) is 10.1. The molecule has 1 amide bonds. The van der Waals surface area contributed by atoms with Gasteiger partial charge in [0.05, 0.1) is 27.8 Å². The van der Waals surface area contributed by atoms with Crippen molar-refractivity contribution in [2.75, 3.05) is 29.9 Å². The lowest BCUT2D eigenvalue weighted by molar-refractivity contribution is 0.00835. The fourth-order valence-electron chi connectivity index (χ4n) is 4.85. The van der Waals surface area contributed by atoms with Crippen molar-refractivity contribution in [1.82, 2.24) is 29.6 Å². The van der Waals surface area contributed by atoms with Crippen molar-refractivity contribution < 1.29 is 9.53 Å². The number of H-pyrrole nitrogens is 1. The van der Waals surface area contributed by atoms with Crippen LogP contribution in [0.3, 0.4) is 0 Å². The molecule has 2 aliphatic heterocycles. The van der Waals surface area contributed by atoms with Crippen molar-refractivity contribution in [3.63, 3.8) is 0 Å². The number of carbonyl (C=O) groups excluding carboxylic acids is 1. The van der Waals surface area contributed by atoms with E-state index in [1.54, 1.807) is 12.4 Å². The van der Waals surface area contributed by atoms with Crippen LogP contribution in [0.5, 0.6) is 0 Å². The third-order valence-electron chi connectivity index (χ3n) is 6.51. The predicted molar refractivity (Wildman–Crippen MR) is 132 cm³/mol. The maximum absolute atomic E-state index is 12.8. The Bertz CT molecular complexity index is 1220. The van der Waals surface area contributed by atoms with Crippen molar-refractivity contribution >= 4 is 46.2 Å². The first-order valence-corrected chi connectivity index (χ1v) is 12.1. The second-order valence-corrected chi connectivity index (χ2v) is 10.5. The number of nitrogens with zero attached hydrogens (tertiary/aromatic N) is 6. The third-order valence-corrected chi connectivity index (χ3v) is 6.81. The molecule has 10 nitrogen and oxygen atoms in total. The number of piperidine rings is 1. The molecule has 0 saturated carbocycles. The number of hydrogen-bond acceptors (Lipinski definition) is 7. The molecule has 0 bridgehead atoms. The molecule has 2 aliphatic rings. The number of fused-ring (bicyclic) bond motifs is 1. The number of rotatable bonds is 4. The van der Waals surface area contributed by atoms with E-state index in [4.69, 9.17) is 21.3 Å². The standard InChI is InChI=1S/C23H31ClN8O2/c1-5-31-13-15(11-26-31)27-20-28-18-17(16(24)12-25-18)19(29-20)32-10-8-23(32)7-6-9-30(14-23)21(33)34-22(2,3)4/h11-13H,5-10,14H2,1-4H3,(H2,25,27,28,29). The van der Waals surface area contributed by atoms with Crippen molar-refractivity contribution in [1.29, 1.82) is 0 Å². The van der Waals surface area contributed by atoms with Gasteiger partial charge in [0.2, 0.25) is 5.95 Å². The molecule has 3 aromatic heterocycles. The molecule has 1 spiro atoms. The minimum Gasteiger partial charge on any atom is -0.444 e. The Labute approximate surface area is 203 Å². The van der Waals surface area contributed by atoms with Crippen molar-refractivity contribution in [2.45, 2.75) is 64.6 Å². The summed E-state index contributed by atoms with van der Waals surface area (Å²) in [7, 11) is 0. The molecule has 1 unspecified atom stereocenters. The summed E-state index contributed by atoms with van der Waals surface area (Å²) < 4.78 is 7.49. The van der Waals surface area contributed by atoms with E-state index >= 15 is 0 Å². The number of amides is 1. The lowest BCUT2D eigenvalue weighted by Gasteiger charge is -2.57. The van der Waals surface area contributed by atoms with Crippen LogP contribution in [-0.2, 0) is 11.3 Å².